The molecular formula is C15H12N6OS2. The zero-order valence-electron chi connectivity index (χ0n) is 12.3. The molecule has 3 N–H and O–H groups in total. The number of nitrogens with zero attached hydrogens (tertiary/aromatic N) is 4. The molecule has 0 aliphatic carbocycles. The van der Waals surface area contributed by atoms with Gasteiger partial charge >= 0.3 is 0 Å². The molecular weight excluding hydrogens is 344 g/mol. The van der Waals surface area contributed by atoms with Gasteiger partial charge in [0, 0.05) is 12.4 Å². The predicted octanol–water partition coefficient (Wildman–Crippen LogP) is 1.41. The third-order valence-electron chi connectivity index (χ3n) is 2.94. The minimum absolute atomic E-state index is 0.0130. The number of pyridine rings is 2. The first-order valence-corrected chi connectivity index (χ1v) is 8.06. The van der Waals surface area contributed by atoms with E-state index in [0.717, 1.165) is 5.03 Å². The Hall–Kier alpha value is -2.78. The van der Waals surface area contributed by atoms with Crippen molar-refractivity contribution in [3.8, 4) is 0 Å². The molecule has 0 amide bonds. The highest BCUT2D eigenvalue weighted by Crippen LogP contribution is 2.25. The van der Waals surface area contributed by atoms with Crippen molar-refractivity contribution in [2.24, 2.45) is 10.8 Å². The Kier molecular flexibility index (Phi) is 4.82. The van der Waals surface area contributed by atoms with Gasteiger partial charge in [0.2, 0.25) is 0 Å². The van der Waals surface area contributed by atoms with Gasteiger partial charge in [-0.15, -0.1) is 0 Å². The summed E-state index contributed by atoms with van der Waals surface area (Å²) in [7, 11) is 0. The fourth-order valence-corrected chi connectivity index (χ4v) is 2.84. The van der Waals surface area contributed by atoms with Crippen molar-refractivity contribution in [2.45, 2.75) is 10.1 Å². The molecule has 0 aliphatic rings. The summed E-state index contributed by atoms with van der Waals surface area (Å²) in [4.78, 5) is 21.5. The standard InChI is InChI=1S/C15H12N6OS2/c16-15(23)20-18-9-10-13(24-12-6-1-3-7-17-12)19-11-5-2-4-8-21(11)14(10)22/h1-9H,(H3,16,20,23)/b18-9+. The van der Waals surface area contributed by atoms with Gasteiger partial charge in [0.25, 0.3) is 5.56 Å². The Morgan fingerprint density at radius 1 is 1.33 bits per heavy atom. The molecule has 0 saturated carbocycles. The topological polar surface area (TPSA) is 97.7 Å². The number of rotatable bonds is 4. The van der Waals surface area contributed by atoms with Gasteiger partial charge in [0.15, 0.2) is 5.11 Å². The van der Waals surface area contributed by atoms with Crippen molar-refractivity contribution in [2.75, 3.05) is 0 Å². The Balaban J connectivity index is 2.12. The second-order valence-corrected chi connectivity index (χ2v) is 6.02. The largest absolute Gasteiger partial charge is 0.375 e. The number of nitrogens with two attached hydrogens (primary N) is 1. The van der Waals surface area contributed by atoms with Gasteiger partial charge in [-0.1, -0.05) is 12.1 Å². The van der Waals surface area contributed by atoms with Crippen molar-refractivity contribution in [3.63, 3.8) is 0 Å². The van der Waals surface area contributed by atoms with E-state index in [1.54, 1.807) is 24.5 Å². The molecule has 9 heteroatoms. The van der Waals surface area contributed by atoms with Gasteiger partial charge in [0.1, 0.15) is 15.7 Å². The van der Waals surface area contributed by atoms with E-state index in [4.69, 9.17) is 18.0 Å². The van der Waals surface area contributed by atoms with Crippen LogP contribution in [0.4, 0.5) is 0 Å². The Morgan fingerprint density at radius 2 is 2.17 bits per heavy atom. The summed E-state index contributed by atoms with van der Waals surface area (Å²) in [5, 5.41) is 5.12. The van der Waals surface area contributed by atoms with Crippen molar-refractivity contribution in [1.29, 1.82) is 0 Å². The van der Waals surface area contributed by atoms with Gasteiger partial charge < -0.3 is 5.73 Å². The molecule has 0 atom stereocenters. The molecule has 3 aromatic rings. The van der Waals surface area contributed by atoms with Gasteiger partial charge in [-0.3, -0.25) is 14.6 Å². The molecule has 0 spiro atoms. The summed E-state index contributed by atoms with van der Waals surface area (Å²) in [6.45, 7) is 0. The normalized spacial score (nSPS) is 11.0. The summed E-state index contributed by atoms with van der Waals surface area (Å²) in [6, 6.07) is 10.9. The number of hydrazone groups is 1. The van der Waals surface area contributed by atoms with Gasteiger partial charge in [-0.2, -0.15) is 5.10 Å². The second kappa shape index (κ2) is 7.20. The van der Waals surface area contributed by atoms with Crippen LogP contribution in [0.2, 0.25) is 0 Å². The maximum Gasteiger partial charge on any atom is 0.267 e. The highest BCUT2D eigenvalue weighted by molar-refractivity contribution is 7.99. The van der Waals surface area contributed by atoms with E-state index in [-0.39, 0.29) is 10.7 Å². The van der Waals surface area contributed by atoms with Crippen LogP contribution in [0.15, 0.2) is 68.7 Å². The number of nitrogens with one attached hydrogen (secondary N) is 1. The fraction of sp³-hybridized carbons (Fsp3) is 0. The van der Waals surface area contributed by atoms with E-state index in [0.29, 0.717) is 16.2 Å². The Morgan fingerprint density at radius 3 is 2.92 bits per heavy atom. The van der Waals surface area contributed by atoms with Gasteiger partial charge in [0.05, 0.1) is 11.8 Å². The van der Waals surface area contributed by atoms with E-state index in [9.17, 15) is 4.79 Å². The van der Waals surface area contributed by atoms with E-state index < -0.39 is 0 Å². The summed E-state index contributed by atoms with van der Waals surface area (Å²) < 4.78 is 1.45. The first-order chi connectivity index (χ1) is 11.6. The lowest BCUT2D eigenvalue weighted by Crippen LogP contribution is -2.25. The summed E-state index contributed by atoms with van der Waals surface area (Å²) in [5.74, 6) is 0. The van der Waals surface area contributed by atoms with Crippen LogP contribution in [0.1, 0.15) is 5.56 Å². The molecule has 3 aromatic heterocycles. The third kappa shape index (κ3) is 3.58. The van der Waals surface area contributed by atoms with Crippen molar-refractivity contribution in [1.82, 2.24) is 19.8 Å². The maximum absolute atomic E-state index is 12.7. The van der Waals surface area contributed by atoms with E-state index >= 15 is 0 Å². The number of fused-ring (bicyclic) bond motifs is 1. The quantitative estimate of drug-likeness (QED) is 0.316. The lowest BCUT2D eigenvalue weighted by atomic mass is 10.3. The van der Waals surface area contributed by atoms with Crippen LogP contribution in [0, 0.1) is 0 Å². The van der Waals surface area contributed by atoms with Crippen LogP contribution in [-0.4, -0.2) is 25.7 Å². The van der Waals surface area contributed by atoms with E-state index in [1.165, 1.54) is 22.4 Å². The van der Waals surface area contributed by atoms with Crippen LogP contribution < -0.4 is 16.7 Å². The SMILES string of the molecule is NC(=S)N/N=C/c1c(Sc2ccccn2)nc2ccccn2c1=O. The molecule has 0 bridgehead atoms. The summed E-state index contributed by atoms with van der Waals surface area (Å²) >= 11 is 5.98. The van der Waals surface area contributed by atoms with Crippen LogP contribution in [0.5, 0.6) is 0 Å². The van der Waals surface area contributed by atoms with Crippen molar-refractivity contribution in [3.05, 3.63) is 64.7 Å². The molecule has 0 aromatic carbocycles. The second-order valence-electron chi connectivity index (χ2n) is 4.57. The minimum atomic E-state index is -0.243. The number of hydrogen-bond donors (Lipinski definition) is 2. The average Bonchev–Trinajstić information content (AvgIpc) is 2.58. The lowest BCUT2D eigenvalue weighted by molar-refractivity contribution is 0.967. The lowest BCUT2D eigenvalue weighted by Gasteiger charge is -2.07. The first-order valence-electron chi connectivity index (χ1n) is 6.84. The molecule has 24 heavy (non-hydrogen) atoms. The number of hydrogen-bond acceptors (Lipinski definition) is 6. The molecule has 0 saturated heterocycles. The fourth-order valence-electron chi connectivity index (χ4n) is 1.94. The molecule has 3 rings (SSSR count). The van der Waals surface area contributed by atoms with Crippen LogP contribution in [0.3, 0.4) is 0 Å². The van der Waals surface area contributed by atoms with Crippen LogP contribution in [0.25, 0.3) is 5.65 Å². The third-order valence-corrected chi connectivity index (χ3v) is 3.99. The van der Waals surface area contributed by atoms with Gasteiger partial charge in [-0.25, -0.2) is 9.97 Å². The smallest absolute Gasteiger partial charge is 0.267 e. The molecule has 0 radical (unpaired) electrons. The van der Waals surface area contributed by atoms with Crippen molar-refractivity contribution >= 4 is 41.0 Å². The number of thiocarbonyl (C=S) groups is 1. The zero-order valence-corrected chi connectivity index (χ0v) is 13.9. The molecule has 0 fully saturated rings. The highest BCUT2D eigenvalue weighted by atomic mass is 32.2. The van der Waals surface area contributed by atoms with Crippen molar-refractivity contribution < 1.29 is 0 Å². The first kappa shape index (κ1) is 16.1. The van der Waals surface area contributed by atoms with Gasteiger partial charge in [-0.05, 0) is 48.2 Å². The minimum Gasteiger partial charge on any atom is -0.375 e. The average molecular weight is 356 g/mol. The Bertz CT molecular complexity index is 971. The highest BCUT2D eigenvalue weighted by Gasteiger charge is 2.13. The maximum atomic E-state index is 12.7. The van der Waals surface area contributed by atoms with E-state index in [1.807, 2.05) is 24.3 Å². The molecule has 0 unspecified atom stereocenters. The Labute approximate surface area is 146 Å². The number of aromatic nitrogens is 3. The van der Waals surface area contributed by atoms with E-state index in [2.05, 4.69) is 20.5 Å². The predicted molar refractivity (Wildman–Crippen MR) is 97.3 cm³/mol. The molecule has 3 heterocycles. The summed E-state index contributed by atoms with van der Waals surface area (Å²) in [5.41, 5.74) is 8.39. The molecule has 120 valence electrons. The zero-order chi connectivity index (χ0) is 16.9. The summed E-state index contributed by atoms with van der Waals surface area (Å²) in [6.07, 6.45) is 4.69. The monoisotopic (exact) mass is 356 g/mol. The molecule has 7 nitrogen and oxygen atoms in total. The van der Waals surface area contributed by atoms with Crippen LogP contribution in [-0.2, 0) is 0 Å². The molecule has 0 aliphatic heterocycles. The van der Waals surface area contributed by atoms with Crippen LogP contribution >= 0.6 is 24.0 Å².